The zero-order valence-corrected chi connectivity index (χ0v) is 18.4. The number of hydrogen-bond acceptors (Lipinski definition) is 2. The molecule has 1 aliphatic carbocycles. The molecule has 1 amide bonds. The van der Waals surface area contributed by atoms with Crippen molar-refractivity contribution in [1.29, 1.82) is 0 Å². The lowest BCUT2D eigenvalue weighted by molar-refractivity contribution is 0.0917. The molecule has 1 aliphatic rings. The van der Waals surface area contributed by atoms with Gasteiger partial charge in [0.25, 0.3) is 5.91 Å². The molecular formula is C27H31FN2O. The zero-order valence-electron chi connectivity index (χ0n) is 18.4. The van der Waals surface area contributed by atoms with Gasteiger partial charge in [0.1, 0.15) is 0 Å². The van der Waals surface area contributed by atoms with Gasteiger partial charge in [0.15, 0.2) is 0 Å². The van der Waals surface area contributed by atoms with Crippen LogP contribution in [0.15, 0.2) is 67.9 Å². The van der Waals surface area contributed by atoms with Crippen molar-refractivity contribution in [3.05, 3.63) is 96.1 Å². The third-order valence-electron chi connectivity index (χ3n) is 6.46. The molecule has 0 radical (unpaired) electrons. The second-order valence-electron chi connectivity index (χ2n) is 8.33. The predicted octanol–water partition coefficient (Wildman–Crippen LogP) is 6.38. The summed E-state index contributed by atoms with van der Waals surface area (Å²) in [5, 5.41) is 3.17. The molecule has 3 nitrogen and oxygen atoms in total. The Morgan fingerprint density at radius 3 is 2.39 bits per heavy atom. The van der Waals surface area contributed by atoms with Crippen molar-refractivity contribution in [2.75, 3.05) is 0 Å². The summed E-state index contributed by atoms with van der Waals surface area (Å²) in [6, 6.07) is 9.58. The number of benzene rings is 1. The molecule has 1 heterocycles. The van der Waals surface area contributed by atoms with E-state index >= 15 is 0 Å². The Morgan fingerprint density at radius 2 is 1.77 bits per heavy atom. The fraction of sp³-hybridized carbons (Fsp3) is 0.333. The highest BCUT2D eigenvalue weighted by molar-refractivity contribution is 5.94. The Hall–Kier alpha value is -3.01. The molecule has 0 aliphatic heterocycles. The minimum absolute atomic E-state index is 0.0546. The van der Waals surface area contributed by atoms with Gasteiger partial charge in [-0.15, -0.1) is 0 Å². The van der Waals surface area contributed by atoms with E-state index in [1.54, 1.807) is 18.3 Å². The number of aromatic nitrogens is 1. The molecule has 1 atom stereocenters. The molecule has 31 heavy (non-hydrogen) atoms. The van der Waals surface area contributed by atoms with Crippen LogP contribution in [0, 0.1) is 18.8 Å². The summed E-state index contributed by atoms with van der Waals surface area (Å²) in [5.74, 6) is 0.369. The highest BCUT2D eigenvalue weighted by Gasteiger charge is 2.28. The lowest BCUT2D eigenvalue weighted by Crippen LogP contribution is -2.39. The Bertz CT molecular complexity index is 969. The van der Waals surface area contributed by atoms with Crippen LogP contribution in [-0.4, -0.2) is 16.9 Å². The van der Waals surface area contributed by atoms with E-state index in [0.717, 1.165) is 42.4 Å². The van der Waals surface area contributed by atoms with E-state index in [-0.39, 0.29) is 17.9 Å². The molecular weight excluding hydrogens is 387 g/mol. The zero-order chi connectivity index (χ0) is 22.4. The average Bonchev–Trinajstić information content (AvgIpc) is 2.79. The van der Waals surface area contributed by atoms with Gasteiger partial charge in [0, 0.05) is 23.4 Å². The molecule has 3 rings (SSSR count). The first-order chi connectivity index (χ1) is 14.9. The predicted molar refractivity (Wildman–Crippen MR) is 125 cm³/mol. The molecule has 1 fully saturated rings. The van der Waals surface area contributed by atoms with E-state index in [1.807, 2.05) is 43.3 Å². The first-order valence-electron chi connectivity index (χ1n) is 10.9. The van der Waals surface area contributed by atoms with Gasteiger partial charge in [0.05, 0.1) is 0 Å². The average molecular weight is 419 g/mol. The van der Waals surface area contributed by atoms with Crippen molar-refractivity contribution >= 4 is 11.5 Å². The highest BCUT2D eigenvalue weighted by Crippen LogP contribution is 2.38. The van der Waals surface area contributed by atoms with Crippen LogP contribution in [0.1, 0.15) is 65.6 Å². The summed E-state index contributed by atoms with van der Waals surface area (Å²) in [6.45, 7) is 11.4. The van der Waals surface area contributed by atoms with Gasteiger partial charge in [-0.25, -0.2) is 4.98 Å². The number of carbonyl (C=O) groups is 1. The molecule has 1 N–H and O–H groups in total. The minimum atomic E-state index is -0.369. The molecule has 1 saturated carbocycles. The van der Waals surface area contributed by atoms with Crippen LogP contribution in [0.4, 0.5) is 4.39 Å². The summed E-state index contributed by atoms with van der Waals surface area (Å²) in [6.07, 6.45) is 11.0. The maximum absolute atomic E-state index is 13.8. The van der Waals surface area contributed by atoms with Gasteiger partial charge >= 0.3 is 0 Å². The first-order valence-corrected chi connectivity index (χ1v) is 10.9. The molecule has 0 saturated heterocycles. The van der Waals surface area contributed by atoms with Gasteiger partial charge in [0.2, 0.25) is 5.95 Å². The molecule has 1 aromatic heterocycles. The van der Waals surface area contributed by atoms with E-state index in [0.29, 0.717) is 23.0 Å². The van der Waals surface area contributed by atoms with Crippen LogP contribution in [0.2, 0.25) is 0 Å². The standard InChI is InChI=1S/C27H31FN2O/c1-5-7-20(6-2)22-10-14-24(15-11-22)27(31)30-19(4)21-8-12-23(13-9-21)25-16-17-29-26(28)18(25)3/h5-7,10-11,14-17,19,21,23H,1-2,8-9,12-13H2,3-4H3,(H,30,31)/b20-7+. The van der Waals surface area contributed by atoms with Crippen LogP contribution in [0.3, 0.4) is 0 Å². The molecule has 0 bridgehead atoms. The lowest BCUT2D eigenvalue weighted by atomic mass is 9.75. The number of nitrogens with one attached hydrogen (secondary N) is 1. The van der Waals surface area contributed by atoms with Crippen molar-refractivity contribution in [1.82, 2.24) is 10.3 Å². The SMILES string of the molecule is C=C/C=C(\C=C)c1ccc(C(=O)NC(C)C2CCC(c3ccnc(F)c3C)CC2)cc1. The number of hydrogen-bond donors (Lipinski definition) is 1. The van der Waals surface area contributed by atoms with Crippen LogP contribution in [-0.2, 0) is 0 Å². The van der Waals surface area contributed by atoms with Crippen LogP contribution in [0.5, 0.6) is 0 Å². The van der Waals surface area contributed by atoms with Crippen molar-refractivity contribution < 1.29 is 9.18 Å². The number of rotatable bonds is 7. The van der Waals surface area contributed by atoms with Crippen molar-refractivity contribution in [2.24, 2.45) is 5.92 Å². The fourth-order valence-electron chi connectivity index (χ4n) is 4.53. The van der Waals surface area contributed by atoms with Gasteiger partial charge in [-0.05, 0) is 86.3 Å². The smallest absolute Gasteiger partial charge is 0.251 e. The number of halogens is 1. The first kappa shape index (κ1) is 22.7. The molecule has 4 heteroatoms. The van der Waals surface area contributed by atoms with E-state index in [2.05, 4.69) is 30.4 Å². The van der Waals surface area contributed by atoms with Gasteiger partial charge in [-0.2, -0.15) is 4.39 Å². The lowest BCUT2D eigenvalue weighted by Gasteiger charge is -2.33. The summed E-state index contributed by atoms with van der Waals surface area (Å²) in [4.78, 5) is 16.5. The number of allylic oxidation sites excluding steroid dienone is 4. The molecule has 162 valence electrons. The topological polar surface area (TPSA) is 42.0 Å². The number of nitrogens with zero attached hydrogens (tertiary/aromatic N) is 1. The molecule has 1 unspecified atom stereocenters. The Labute approximate surface area is 184 Å². The van der Waals surface area contributed by atoms with Gasteiger partial charge < -0.3 is 5.32 Å². The quantitative estimate of drug-likeness (QED) is 0.419. The van der Waals surface area contributed by atoms with E-state index in [9.17, 15) is 9.18 Å². The van der Waals surface area contributed by atoms with Gasteiger partial charge in [-0.1, -0.05) is 43.5 Å². The molecule has 1 aromatic carbocycles. The summed E-state index contributed by atoms with van der Waals surface area (Å²) in [7, 11) is 0. The highest BCUT2D eigenvalue weighted by atomic mass is 19.1. The van der Waals surface area contributed by atoms with Crippen LogP contribution in [0.25, 0.3) is 5.57 Å². The number of pyridine rings is 1. The maximum Gasteiger partial charge on any atom is 0.251 e. The number of amides is 1. The third kappa shape index (κ3) is 5.38. The Morgan fingerprint density at radius 1 is 1.13 bits per heavy atom. The Kier molecular flexibility index (Phi) is 7.56. The normalized spacial score (nSPS) is 20.0. The minimum Gasteiger partial charge on any atom is -0.349 e. The summed E-state index contributed by atoms with van der Waals surface area (Å²) < 4.78 is 13.8. The van der Waals surface area contributed by atoms with E-state index in [4.69, 9.17) is 0 Å². The van der Waals surface area contributed by atoms with E-state index in [1.165, 1.54) is 0 Å². The van der Waals surface area contributed by atoms with E-state index < -0.39 is 0 Å². The van der Waals surface area contributed by atoms with Crippen molar-refractivity contribution in [3.8, 4) is 0 Å². The van der Waals surface area contributed by atoms with Crippen molar-refractivity contribution in [2.45, 2.75) is 51.5 Å². The number of carbonyl (C=O) groups excluding carboxylic acids is 1. The van der Waals surface area contributed by atoms with Crippen LogP contribution >= 0.6 is 0 Å². The van der Waals surface area contributed by atoms with Crippen LogP contribution < -0.4 is 5.32 Å². The summed E-state index contributed by atoms with van der Waals surface area (Å²) in [5.41, 5.74) is 4.36. The Balaban J connectivity index is 1.57. The third-order valence-corrected chi connectivity index (χ3v) is 6.46. The van der Waals surface area contributed by atoms with Gasteiger partial charge in [-0.3, -0.25) is 4.79 Å². The fourth-order valence-corrected chi connectivity index (χ4v) is 4.53. The second-order valence-corrected chi connectivity index (χ2v) is 8.33. The largest absolute Gasteiger partial charge is 0.349 e. The summed E-state index contributed by atoms with van der Waals surface area (Å²) >= 11 is 0. The maximum atomic E-state index is 13.8. The molecule has 2 aromatic rings. The van der Waals surface area contributed by atoms with Crippen molar-refractivity contribution in [3.63, 3.8) is 0 Å². The molecule has 0 spiro atoms. The second kappa shape index (κ2) is 10.3. The monoisotopic (exact) mass is 418 g/mol.